The second-order valence-corrected chi connectivity index (χ2v) is 5.51. The molecule has 0 aliphatic rings. The number of hydrogen-bond donors (Lipinski definition) is 0. The van der Waals surface area contributed by atoms with Crippen molar-refractivity contribution in [1.82, 2.24) is 0 Å². The van der Waals surface area contributed by atoms with Gasteiger partial charge in [0.2, 0.25) is 0 Å². The highest BCUT2D eigenvalue weighted by atomic mass is 79.9. The molecule has 0 spiro atoms. The SMILES string of the molecule is Fc1ccc(C(Br)Cc2cccc(Cl)c2)c(F)c1. The predicted molar refractivity (Wildman–Crippen MR) is 73.2 cm³/mol. The smallest absolute Gasteiger partial charge is 0.130 e. The summed E-state index contributed by atoms with van der Waals surface area (Å²) in [7, 11) is 0. The van der Waals surface area contributed by atoms with E-state index in [1.807, 2.05) is 18.2 Å². The predicted octanol–water partition coefficient (Wildman–Crippen LogP) is 5.30. The van der Waals surface area contributed by atoms with E-state index < -0.39 is 11.6 Å². The first-order chi connectivity index (χ1) is 8.56. The molecule has 2 aromatic rings. The Morgan fingerprint density at radius 1 is 1.11 bits per heavy atom. The van der Waals surface area contributed by atoms with E-state index in [9.17, 15) is 8.78 Å². The lowest BCUT2D eigenvalue weighted by atomic mass is 10.0. The first-order valence-electron chi connectivity index (χ1n) is 5.40. The summed E-state index contributed by atoms with van der Waals surface area (Å²) in [6.07, 6.45) is 0.586. The fraction of sp³-hybridized carbons (Fsp3) is 0.143. The highest BCUT2D eigenvalue weighted by Gasteiger charge is 2.14. The van der Waals surface area contributed by atoms with Crippen LogP contribution in [-0.4, -0.2) is 0 Å². The molecule has 0 nitrogen and oxygen atoms in total. The number of halogens is 4. The first-order valence-corrected chi connectivity index (χ1v) is 6.69. The second kappa shape index (κ2) is 5.81. The molecule has 1 atom stereocenters. The molecule has 0 aliphatic heterocycles. The van der Waals surface area contributed by atoms with Gasteiger partial charge in [0.1, 0.15) is 11.6 Å². The van der Waals surface area contributed by atoms with Crippen LogP contribution in [0.1, 0.15) is 16.0 Å². The summed E-state index contributed by atoms with van der Waals surface area (Å²) in [6.45, 7) is 0. The van der Waals surface area contributed by atoms with Crippen molar-refractivity contribution in [2.75, 3.05) is 0 Å². The lowest BCUT2D eigenvalue weighted by Crippen LogP contribution is -1.99. The van der Waals surface area contributed by atoms with Gasteiger partial charge in [0.05, 0.1) is 0 Å². The molecule has 4 heteroatoms. The molecule has 0 fully saturated rings. The zero-order valence-corrected chi connectivity index (χ0v) is 11.7. The average molecular weight is 332 g/mol. The lowest BCUT2D eigenvalue weighted by molar-refractivity contribution is 0.571. The monoisotopic (exact) mass is 330 g/mol. The second-order valence-electron chi connectivity index (χ2n) is 3.97. The molecule has 1 unspecified atom stereocenters. The van der Waals surface area contributed by atoms with Crippen molar-refractivity contribution < 1.29 is 8.78 Å². The van der Waals surface area contributed by atoms with Crippen LogP contribution >= 0.6 is 27.5 Å². The molecular formula is C14H10BrClF2. The third-order valence-electron chi connectivity index (χ3n) is 2.60. The van der Waals surface area contributed by atoms with E-state index in [-0.39, 0.29) is 4.83 Å². The van der Waals surface area contributed by atoms with Crippen molar-refractivity contribution in [3.63, 3.8) is 0 Å². The maximum absolute atomic E-state index is 13.6. The van der Waals surface area contributed by atoms with E-state index >= 15 is 0 Å². The van der Waals surface area contributed by atoms with E-state index in [2.05, 4.69) is 15.9 Å². The minimum Gasteiger partial charge on any atom is -0.207 e. The standard InChI is InChI=1S/C14H10BrClF2/c15-13(7-9-2-1-3-10(16)6-9)12-5-4-11(17)8-14(12)18/h1-6,8,13H,7H2. The van der Waals surface area contributed by atoms with Crippen molar-refractivity contribution >= 4 is 27.5 Å². The third kappa shape index (κ3) is 3.30. The van der Waals surface area contributed by atoms with E-state index in [0.29, 0.717) is 17.0 Å². The highest BCUT2D eigenvalue weighted by molar-refractivity contribution is 9.09. The van der Waals surface area contributed by atoms with Crippen LogP contribution in [0, 0.1) is 11.6 Å². The molecule has 0 saturated carbocycles. The minimum atomic E-state index is -0.571. The molecule has 2 rings (SSSR count). The molecule has 0 heterocycles. The van der Waals surface area contributed by atoms with Crippen molar-refractivity contribution in [3.8, 4) is 0 Å². The quantitative estimate of drug-likeness (QED) is 0.670. The fourth-order valence-electron chi connectivity index (χ4n) is 1.74. The highest BCUT2D eigenvalue weighted by Crippen LogP contribution is 2.30. The van der Waals surface area contributed by atoms with Gasteiger partial charge in [-0.25, -0.2) is 8.78 Å². The van der Waals surface area contributed by atoms with Gasteiger partial charge in [-0.05, 0) is 30.2 Å². The molecular weight excluding hydrogens is 322 g/mol. The Kier molecular flexibility index (Phi) is 4.36. The molecule has 0 bridgehead atoms. The van der Waals surface area contributed by atoms with Gasteiger partial charge < -0.3 is 0 Å². The van der Waals surface area contributed by atoms with Crippen LogP contribution in [0.15, 0.2) is 42.5 Å². The lowest BCUT2D eigenvalue weighted by Gasteiger charge is -2.11. The summed E-state index contributed by atoms with van der Waals surface area (Å²) in [5.41, 5.74) is 1.43. The Hall–Kier alpha value is -0.930. The van der Waals surface area contributed by atoms with E-state index in [0.717, 1.165) is 11.6 Å². The van der Waals surface area contributed by atoms with Gasteiger partial charge in [-0.2, -0.15) is 0 Å². The Bertz CT molecular complexity index is 557. The van der Waals surface area contributed by atoms with Crippen molar-refractivity contribution in [3.05, 3.63) is 70.2 Å². The zero-order valence-electron chi connectivity index (χ0n) is 9.34. The number of benzene rings is 2. The summed E-state index contributed by atoms with van der Waals surface area (Å²) in [5, 5.41) is 0.645. The van der Waals surface area contributed by atoms with Crippen LogP contribution in [0.4, 0.5) is 8.78 Å². The van der Waals surface area contributed by atoms with Gasteiger partial charge in [0.15, 0.2) is 0 Å². The fourth-order valence-corrected chi connectivity index (χ4v) is 2.69. The van der Waals surface area contributed by atoms with Crippen LogP contribution in [0.3, 0.4) is 0 Å². The maximum Gasteiger partial charge on any atom is 0.130 e. The molecule has 0 saturated heterocycles. The largest absolute Gasteiger partial charge is 0.207 e. The van der Waals surface area contributed by atoms with Gasteiger partial charge in [-0.1, -0.05) is 45.7 Å². The summed E-state index contributed by atoms with van der Waals surface area (Å²) in [6, 6.07) is 11.0. The summed E-state index contributed by atoms with van der Waals surface area (Å²) >= 11 is 9.30. The van der Waals surface area contributed by atoms with Gasteiger partial charge in [0.25, 0.3) is 0 Å². The molecule has 0 N–H and O–H groups in total. The van der Waals surface area contributed by atoms with Gasteiger partial charge in [-0.15, -0.1) is 0 Å². The van der Waals surface area contributed by atoms with Crippen molar-refractivity contribution in [2.45, 2.75) is 11.2 Å². The molecule has 18 heavy (non-hydrogen) atoms. The molecule has 0 radical (unpaired) electrons. The molecule has 0 amide bonds. The normalized spacial score (nSPS) is 12.4. The molecule has 0 aliphatic carbocycles. The van der Waals surface area contributed by atoms with E-state index in [1.165, 1.54) is 12.1 Å². The first kappa shape index (κ1) is 13.5. The van der Waals surface area contributed by atoms with E-state index in [4.69, 9.17) is 11.6 Å². The van der Waals surface area contributed by atoms with Crippen LogP contribution < -0.4 is 0 Å². The molecule has 0 aromatic heterocycles. The summed E-state index contributed by atoms with van der Waals surface area (Å²) in [4.78, 5) is -0.212. The summed E-state index contributed by atoms with van der Waals surface area (Å²) < 4.78 is 26.4. The topological polar surface area (TPSA) is 0 Å². The van der Waals surface area contributed by atoms with Crippen molar-refractivity contribution in [1.29, 1.82) is 0 Å². The van der Waals surface area contributed by atoms with Gasteiger partial charge >= 0.3 is 0 Å². The number of alkyl halides is 1. The van der Waals surface area contributed by atoms with Crippen LogP contribution in [0.25, 0.3) is 0 Å². The summed E-state index contributed by atoms with van der Waals surface area (Å²) in [5.74, 6) is -1.11. The Morgan fingerprint density at radius 3 is 2.56 bits per heavy atom. The van der Waals surface area contributed by atoms with Crippen molar-refractivity contribution in [2.24, 2.45) is 0 Å². The van der Waals surface area contributed by atoms with Crippen LogP contribution in [0.2, 0.25) is 5.02 Å². The van der Waals surface area contributed by atoms with Gasteiger partial charge in [0, 0.05) is 21.5 Å². The molecule has 2 aromatic carbocycles. The van der Waals surface area contributed by atoms with E-state index in [1.54, 1.807) is 6.07 Å². The third-order valence-corrected chi connectivity index (χ3v) is 3.66. The molecule has 94 valence electrons. The van der Waals surface area contributed by atoms with Crippen LogP contribution in [0.5, 0.6) is 0 Å². The number of rotatable bonds is 3. The zero-order chi connectivity index (χ0) is 13.1. The Labute approximate surface area is 118 Å². The average Bonchev–Trinajstić information content (AvgIpc) is 2.28. The Morgan fingerprint density at radius 2 is 1.89 bits per heavy atom. The number of hydrogen-bond acceptors (Lipinski definition) is 0. The van der Waals surface area contributed by atoms with Gasteiger partial charge in [-0.3, -0.25) is 0 Å². The maximum atomic E-state index is 13.6. The Balaban J connectivity index is 2.19. The van der Waals surface area contributed by atoms with Crippen LogP contribution in [-0.2, 0) is 6.42 Å². The minimum absolute atomic E-state index is 0.212.